The predicted molar refractivity (Wildman–Crippen MR) is 75.9 cm³/mol. The third kappa shape index (κ3) is 3.01. The Hall–Kier alpha value is -2.67. The number of hydrogen-bond acceptors (Lipinski definition) is 3. The standard InChI is InChI=1S/C16H15N3O/c1-16(2,14-8-3-4-9-18-14)19-15(20)13-7-5-6-12(10-13)11-17/h3-10H,1-2H3,(H,19,20). The largest absolute Gasteiger partial charge is 0.342 e. The summed E-state index contributed by atoms with van der Waals surface area (Å²) in [4.78, 5) is 16.5. The third-order valence-electron chi connectivity index (χ3n) is 2.99. The first kappa shape index (κ1) is 13.8. The molecule has 0 atom stereocenters. The number of carbonyl (C=O) groups excluding carboxylic acids is 1. The van der Waals surface area contributed by atoms with E-state index < -0.39 is 5.54 Å². The Morgan fingerprint density at radius 2 is 2.05 bits per heavy atom. The number of nitriles is 1. The van der Waals surface area contributed by atoms with E-state index in [1.54, 1.807) is 30.5 Å². The van der Waals surface area contributed by atoms with Crippen LogP contribution in [0.2, 0.25) is 0 Å². The summed E-state index contributed by atoms with van der Waals surface area (Å²) in [7, 11) is 0. The Kier molecular flexibility index (Phi) is 3.81. The van der Waals surface area contributed by atoms with E-state index in [2.05, 4.69) is 10.3 Å². The van der Waals surface area contributed by atoms with E-state index in [4.69, 9.17) is 5.26 Å². The molecule has 0 aliphatic carbocycles. The summed E-state index contributed by atoms with van der Waals surface area (Å²) >= 11 is 0. The van der Waals surface area contributed by atoms with Gasteiger partial charge in [0, 0.05) is 11.8 Å². The van der Waals surface area contributed by atoms with E-state index in [0.29, 0.717) is 11.1 Å². The van der Waals surface area contributed by atoms with E-state index in [0.717, 1.165) is 5.69 Å². The Bertz CT molecular complexity index is 657. The molecule has 2 rings (SSSR count). The molecule has 0 fully saturated rings. The number of aromatic nitrogens is 1. The summed E-state index contributed by atoms with van der Waals surface area (Å²) < 4.78 is 0. The molecule has 0 spiro atoms. The molecule has 0 aliphatic heterocycles. The van der Waals surface area contributed by atoms with Crippen LogP contribution < -0.4 is 5.32 Å². The van der Waals surface area contributed by atoms with Crippen molar-refractivity contribution in [1.29, 1.82) is 5.26 Å². The van der Waals surface area contributed by atoms with Gasteiger partial charge in [0.05, 0.1) is 22.9 Å². The summed E-state index contributed by atoms with van der Waals surface area (Å²) in [5, 5.41) is 11.8. The highest BCUT2D eigenvalue weighted by Crippen LogP contribution is 2.18. The number of carbonyl (C=O) groups is 1. The molecular weight excluding hydrogens is 250 g/mol. The molecule has 4 nitrogen and oxygen atoms in total. The van der Waals surface area contributed by atoms with Gasteiger partial charge in [-0.15, -0.1) is 0 Å². The number of benzene rings is 1. The van der Waals surface area contributed by atoms with Crippen LogP contribution in [0.5, 0.6) is 0 Å². The minimum absolute atomic E-state index is 0.224. The lowest BCUT2D eigenvalue weighted by Gasteiger charge is -2.25. The van der Waals surface area contributed by atoms with Crippen LogP contribution in [0.25, 0.3) is 0 Å². The van der Waals surface area contributed by atoms with Crippen LogP contribution in [0.4, 0.5) is 0 Å². The van der Waals surface area contributed by atoms with Gasteiger partial charge < -0.3 is 5.32 Å². The Labute approximate surface area is 118 Å². The maximum absolute atomic E-state index is 12.3. The van der Waals surface area contributed by atoms with Crippen LogP contribution in [0, 0.1) is 11.3 Å². The number of nitrogens with one attached hydrogen (secondary N) is 1. The van der Waals surface area contributed by atoms with Crippen molar-refractivity contribution in [3.63, 3.8) is 0 Å². The quantitative estimate of drug-likeness (QED) is 0.927. The van der Waals surface area contributed by atoms with Crippen molar-refractivity contribution in [2.24, 2.45) is 0 Å². The number of amides is 1. The van der Waals surface area contributed by atoms with E-state index in [9.17, 15) is 4.79 Å². The highest BCUT2D eigenvalue weighted by Gasteiger charge is 2.24. The zero-order valence-corrected chi connectivity index (χ0v) is 11.4. The van der Waals surface area contributed by atoms with Gasteiger partial charge in [-0.3, -0.25) is 9.78 Å². The Balaban J connectivity index is 2.21. The predicted octanol–water partition coefficient (Wildman–Crippen LogP) is 2.62. The molecule has 1 aromatic carbocycles. The topological polar surface area (TPSA) is 65.8 Å². The van der Waals surface area contributed by atoms with E-state index >= 15 is 0 Å². The van der Waals surface area contributed by atoms with Crippen LogP contribution in [0.1, 0.15) is 35.5 Å². The molecule has 1 heterocycles. The molecule has 0 radical (unpaired) electrons. The summed E-state index contributed by atoms with van der Waals surface area (Å²) in [6, 6.07) is 14.2. The molecule has 0 saturated carbocycles. The lowest BCUT2D eigenvalue weighted by Crippen LogP contribution is -2.41. The number of rotatable bonds is 3. The molecule has 0 saturated heterocycles. The van der Waals surface area contributed by atoms with Crippen molar-refractivity contribution in [2.45, 2.75) is 19.4 Å². The number of pyridine rings is 1. The van der Waals surface area contributed by atoms with Crippen LogP contribution in [-0.4, -0.2) is 10.9 Å². The molecule has 1 N–H and O–H groups in total. The fourth-order valence-electron chi connectivity index (χ4n) is 1.88. The highest BCUT2D eigenvalue weighted by molar-refractivity contribution is 5.95. The summed E-state index contributed by atoms with van der Waals surface area (Å²) in [5.74, 6) is -0.224. The molecule has 2 aromatic rings. The van der Waals surface area contributed by atoms with Gasteiger partial charge in [0.1, 0.15) is 0 Å². The number of hydrogen-bond donors (Lipinski definition) is 1. The normalized spacial score (nSPS) is 10.7. The SMILES string of the molecule is CC(C)(NC(=O)c1cccc(C#N)c1)c1ccccn1. The zero-order valence-electron chi connectivity index (χ0n) is 11.4. The van der Waals surface area contributed by atoms with E-state index in [1.807, 2.05) is 38.1 Å². The third-order valence-corrected chi connectivity index (χ3v) is 2.99. The van der Waals surface area contributed by atoms with Gasteiger partial charge in [-0.2, -0.15) is 5.26 Å². The second-order valence-electron chi connectivity index (χ2n) is 4.99. The van der Waals surface area contributed by atoms with E-state index in [-0.39, 0.29) is 5.91 Å². The van der Waals surface area contributed by atoms with Crippen molar-refractivity contribution >= 4 is 5.91 Å². The minimum Gasteiger partial charge on any atom is -0.342 e. The molecule has 0 aliphatic rings. The van der Waals surface area contributed by atoms with Crippen molar-refractivity contribution in [3.05, 3.63) is 65.5 Å². The number of nitrogens with zero attached hydrogens (tertiary/aromatic N) is 2. The molecule has 0 unspecified atom stereocenters. The zero-order chi connectivity index (χ0) is 14.6. The van der Waals surface area contributed by atoms with Crippen molar-refractivity contribution in [1.82, 2.24) is 10.3 Å². The lowest BCUT2D eigenvalue weighted by atomic mass is 9.99. The first-order valence-electron chi connectivity index (χ1n) is 6.27. The maximum Gasteiger partial charge on any atom is 0.252 e. The second-order valence-corrected chi connectivity index (χ2v) is 4.99. The molecule has 1 aromatic heterocycles. The lowest BCUT2D eigenvalue weighted by molar-refractivity contribution is 0.0910. The fourth-order valence-corrected chi connectivity index (χ4v) is 1.88. The first-order valence-corrected chi connectivity index (χ1v) is 6.27. The first-order chi connectivity index (χ1) is 9.53. The van der Waals surface area contributed by atoms with Crippen molar-refractivity contribution in [3.8, 4) is 6.07 Å². The van der Waals surface area contributed by atoms with Gasteiger partial charge in [-0.05, 0) is 44.2 Å². The van der Waals surface area contributed by atoms with Crippen LogP contribution in [0.3, 0.4) is 0 Å². The average molecular weight is 265 g/mol. The molecule has 0 bridgehead atoms. The second kappa shape index (κ2) is 5.54. The van der Waals surface area contributed by atoms with Gasteiger partial charge in [0.15, 0.2) is 0 Å². The summed E-state index contributed by atoms with van der Waals surface area (Å²) in [5.41, 5.74) is 1.13. The highest BCUT2D eigenvalue weighted by atomic mass is 16.1. The van der Waals surface area contributed by atoms with Gasteiger partial charge in [-0.25, -0.2) is 0 Å². The summed E-state index contributed by atoms with van der Waals surface area (Å²) in [6.45, 7) is 3.78. The van der Waals surface area contributed by atoms with Crippen LogP contribution in [0.15, 0.2) is 48.7 Å². The van der Waals surface area contributed by atoms with Gasteiger partial charge in [-0.1, -0.05) is 12.1 Å². The van der Waals surface area contributed by atoms with Crippen molar-refractivity contribution in [2.75, 3.05) is 0 Å². The minimum atomic E-state index is -0.582. The average Bonchev–Trinajstić information content (AvgIpc) is 2.48. The van der Waals surface area contributed by atoms with Crippen LogP contribution >= 0.6 is 0 Å². The molecular formula is C16H15N3O. The van der Waals surface area contributed by atoms with Crippen LogP contribution in [-0.2, 0) is 5.54 Å². The maximum atomic E-state index is 12.3. The van der Waals surface area contributed by atoms with Gasteiger partial charge >= 0.3 is 0 Å². The fraction of sp³-hybridized carbons (Fsp3) is 0.188. The molecule has 4 heteroatoms. The van der Waals surface area contributed by atoms with Gasteiger partial charge in [0.25, 0.3) is 5.91 Å². The smallest absolute Gasteiger partial charge is 0.252 e. The molecule has 1 amide bonds. The summed E-state index contributed by atoms with van der Waals surface area (Å²) in [6.07, 6.45) is 1.69. The molecule has 20 heavy (non-hydrogen) atoms. The van der Waals surface area contributed by atoms with E-state index in [1.165, 1.54) is 0 Å². The van der Waals surface area contributed by atoms with Crippen molar-refractivity contribution < 1.29 is 4.79 Å². The van der Waals surface area contributed by atoms with Gasteiger partial charge in [0.2, 0.25) is 0 Å². The monoisotopic (exact) mass is 265 g/mol. The Morgan fingerprint density at radius 1 is 1.25 bits per heavy atom. The molecule has 100 valence electrons. The Morgan fingerprint density at radius 3 is 2.70 bits per heavy atom.